The minimum atomic E-state index is -0.978. The van der Waals surface area contributed by atoms with Crippen molar-refractivity contribution in [3.63, 3.8) is 0 Å². The minimum Gasteiger partial charge on any atom is -0.478 e. The van der Waals surface area contributed by atoms with Crippen LogP contribution in [0.5, 0.6) is 0 Å². The number of imidazole rings is 1. The number of aliphatic hydroxyl groups is 1. The second-order valence-electron chi connectivity index (χ2n) is 4.69. The number of hydrogen-bond acceptors (Lipinski definition) is 4. The van der Waals surface area contributed by atoms with E-state index in [1.807, 2.05) is 11.5 Å². The van der Waals surface area contributed by atoms with Crippen LogP contribution in [0.25, 0.3) is 11.0 Å². The van der Waals surface area contributed by atoms with Crippen molar-refractivity contribution >= 4 is 17.0 Å². The van der Waals surface area contributed by atoms with Gasteiger partial charge in [0.15, 0.2) is 0 Å². The molecule has 1 unspecified atom stereocenters. The zero-order chi connectivity index (χ0) is 14.7. The van der Waals surface area contributed by atoms with Crippen LogP contribution in [-0.4, -0.2) is 45.6 Å². The number of fused-ring (bicyclic) bond motifs is 1. The summed E-state index contributed by atoms with van der Waals surface area (Å²) in [6.07, 6.45) is -0.0949. The number of aromatic carboxylic acids is 1. The van der Waals surface area contributed by atoms with Crippen LogP contribution in [0.4, 0.5) is 0 Å². The van der Waals surface area contributed by atoms with E-state index in [4.69, 9.17) is 4.74 Å². The van der Waals surface area contributed by atoms with Gasteiger partial charge in [-0.15, -0.1) is 0 Å². The van der Waals surface area contributed by atoms with Gasteiger partial charge in [0.2, 0.25) is 0 Å². The van der Waals surface area contributed by atoms with Crippen LogP contribution in [0.15, 0.2) is 18.2 Å². The first kappa shape index (κ1) is 14.5. The maximum absolute atomic E-state index is 11.3. The third kappa shape index (κ3) is 2.81. The number of para-hydroxylation sites is 1. The lowest BCUT2D eigenvalue weighted by Gasteiger charge is -2.12. The number of rotatable bonds is 6. The van der Waals surface area contributed by atoms with Gasteiger partial charge in [0.1, 0.15) is 5.82 Å². The molecule has 0 amide bonds. The fourth-order valence-electron chi connectivity index (χ4n) is 2.30. The lowest BCUT2D eigenvalue weighted by molar-refractivity contribution is 0.0566. The van der Waals surface area contributed by atoms with Crippen molar-refractivity contribution in [1.82, 2.24) is 9.55 Å². The van der Waals surface area contributed by atoms with Crippen LogP contribution in [0.1, 0.15) is 22.6 Å². The highest BCUT2D eigenvalue weighted by Gasteiger charge is 2.16. The van der Waals surface area contributed by atoms with Crippen LogP contribution in [0.3, 0.4) is 0 Å². The number of ether oxygens (including phenoxy) is 1. The van der Waals surface area contributed by atoms with Gasteiger partial charge in [-0.3, -0.25) is 0 Å². The van der Waals surface area contributed by atoms with Crippen LogP contribution >= 0.6 is 0 Å². The van der Waals surface area contributed by atoms with E-state index in [1.54, 1.807) is 18.2 Å². The fourth-order valence-corrected chi connectivity index (χ4v) is 2.30. The molecule has 1 heterocycles. The number of methoxy groups -OCH3 is 1. The molecule has 0 radical (unpaired) electrons. The predicted octanol–water partition coefficient (Wildman–Crippen LogP) is 1.44. The molecular formula is C14H18N2O4. The smallest absolute Gasteiger partial charge is 0.337 e. The molecule has 0 fully saturated rings. The van der Waals surface area contributed by atoms with Crippen molar-refractivity contribution in [3.05, 3.63) is 29.6 Å². The van der Waals surface area contributed by atoms with Gasteiger partial charge in [-0.2, -0.15) is 0 Å². The molecule has 0 saturated heterocycles. The number of aryl methyl sites for hydroxylation is 2. The summed E-state index contributed by atoms with van der Waals surface area (Å²) in [4.78, 5) is 15.7. The molecule has 1 atom stereocenters. The van der Waals surface area contributed by atoms with Crippen LogP contribution in [0.2, 0.25) is 0 Å². The summed E-state index contributed by atoms with van der Waals surface area (Å²) in [5, 5.41) is 19.0. The Morgan fingerprint density at radius 2 is 2.25 bits per heavy atom. The molecule has 2 N–H and O–H groups in total. The monoisotopic (exact) mass is 278 g/mol. The van der Waals surface area contributed by atoms with Crippen molar-refractivity contribution in [2.75, 3.05) is 13.7 Å². The molecular weight excluding hydrogens is 260 g/mol. The van der Waals surface area contributed by atoms with Crippen LogP contribution in [-0.2, 0) is 11.3 Å². The average molecular weight is 278 g/mol. The molecule has 0 aliphatic heterocycles. The quantitative estimate of drug-likeness (QED) is 0.835. The second-order valence-corrected chi connectivity index (χ2v) is 4.69. The van der Waals surface area contributed by atoms with Crippen molar-refractivity contribution in [3.8, 4) is 0 Å². The number of carboxylic acid groups (broad SMARTS) is 1. The Balaban J connectivity index is 2.37. The van der Waals surface area contributed by atoms with Gasteiger partial charge in [-0.05, 0) is 25.5 Å². The Kier molecular flexibility index (Phi) is 4.36. The lowest BCUT2D eigenvalue weighted by atomic mass is 10.1. The number of hydrogen-bond donors (Lipinski definition) is 2. The van der Waals surface area contributed by atoms with E-state index in [9.17, 15) is 15.0 Å². The standard InChI is InChI=1S/C14H18N2O4/c1-9-15-12-5-3-4-11(14(18)19)13(12)16(9)7-6-10(17)8-20-2/h3-5,10,17H,6-8H2,1-2H3,(H,18,19). The van der Waals surface area contributed by atoms with Gasteiger partial charge in [0, 0.05) is 13.7 Å². The molecule has 20 heavy (non-hydrogen) atoms. The summed E-state index contributed by atoms with van der Waals surface area (Å²) in [7, 11) is 1.53. The van der Waals surface area contributed by atoms with E-state index in [-0.39, 0.29) is 12.2 Å². The highest BCUT2D eigenvalue weighted by Crippen LogP contribution is 2.21. The van der Waals surface area contributed by atoms with E-state index < -0.39 is 12.1 Å². The maximum atomic E-state index is 11.3. The normalized spacial score (nSPS) is 12.8. The topological polar surface area (TPSA) is 84.6 Å². The van der Waals surface area contributed by atoms with E-state index in [0.717, 1.165) is 5.82 Å². The Morgan fingerprint density at radius 3 is 2.90 bits per heavy atom. The highest BCUT2D eigenvalue weighted by molar-refractivity contribution is 6.01. The largest absolute Gasteiger partial charge is 0.478 e. The van der Waals surface area contributed by atoms with Crippen LogP contribution < -0.4 is 0 Å². The third-order valence-electron chi connectivity index (χ3n) is 3.23. The zero-order valence-corrected chi connectivity index (χ0v) is 11.5. The molecule has 2 rings (SSSR count). The number of aliphatic hydroxyl groups excluding tert-OH is 1. The fraction of sp³-hybridized carbons (Fsp3) is 0.429. The Morgan fingerprint density at radius 1 is 1.50 bits per heavy atom. The molecule has 6 nitrogen and oxygen atoms in total. The molecule has 1 aromatic heterocycles. The summed E-state index contributed by atoms with van der Waals surface area (Å²) in [5.41, 5.74) is 1.48. The van der Waals surface area contributed by atoms with E-state index in [0.29, 0.717) is 24.0 Å². The summed E-state index contributed by atoms with van der Waals surface area (Å²) in [6.45, 7) is 2.59. The molecule has 0 aliphatic carbocycles. The number of carboxylic acids is 1. The Labute approximate surface area is 116 Å². The Bertz CT molecular complexity index is 621. The van der Waals surface area contributed by atoms with Gasteiger partial charge >= 0.3 is 5.97 Å². The number of carbonyl (C=O) groups is 1. The number of aromatic nitrogens is 2. The molecule has 1 aromatic carbocycles. The van der Waals surface area contributed by atoms with Gasteiger partial charge in [0.05, 0.1) is 29.3 Å². The van der Waals surface area contributed by atoms with Gasteiger partial charge in [-0.25, -0.2) is 9.78 Å². The summed E-state index contributed by atoms with van der Waals surface area (Å²) >= 11 is 0. The zero-order valence-electron chi connectivity index (χ0n) is 11.5. The van der Waals surface area contributed by atoms with Gasteiger partial charge in [0.25, 0.3) is 0 Å². The minimum absolute atomic E-state index is 0.226. The van der Waals surface area contributed by atoms with Crippen molar-refractivity contribution in [2.45, 2.75) is 26.0 Å². The molecule has 0 saturated carbocycles. The average Bonchev–Trinajstić information content (AvgIpc) is 2.72. The van der Waals surface area contributed by atoms with E-state index in [2.05, 4.69) is 4.98 Å². The summed E-state index contributed by atoms with van der Waals surface area (Å²) in [6, 6.07) is 5.03. The first-order valence-corrected chi connectivity index (χ1v) is 6.40. The van der Waals surface area contributed by atoms with Gasteiger partial charge < -0.3 is 19.5 Å². The van der Waals surface area contributed by atoms with E-state index >= 15 is 0 Å². The Hall–Kier alpha value is -1.92. The SMILES string of the molecule is COCC(O)CCn1c(C)nc2cccc(C(=O)O)c21. The molecule has 0 aliphatic rings. The summed E-state index contributed by atoms with van der Waals surface area (Å²) < 4.78 is 6.72. The van der Waals surface area contributed by atoms with Crippen LogP contribution in [0, 0.1) is 6.92 Å². The van der Waals surface area contributed by atoms with Crippen molar-refractivity contribution < 1.29 is 19.7 Å². The molecule has 0 spiro atoms. The first-order chi connectivity index (χ1) is 9.54. The summed E-state index contributed by atoms with van der Waals surface area (Å²) in [5.74, 6) is -0.243. The maximum Gasteiger partial charge on any atom is 0.337 e. The first-order valence-electron chi connectivity index (χ1n) is 6.40. The molecule has 2 aromatic rings. The number of nitrogens with zero attached hydrogens (tertiary/aromatic N) is 2. The van der Waals surface area contributed by atoms with Crippen molar-refractivity contribution in [2.24, 2.45) is 0 Å². The number of benzene rings is 1. The predicted molar refractivity (Wildman–Crippen MR) is 73.9 cm³/mol. The lowest BCUT2D eigenvalue weighted by Crippen LogP contribution is -2.17. The third-order valence-corrected chi connectivity index (χ3v) is 3.23. The molecule has 0 bridgehead atoms. The van der Waals surface area contributed by atoms with Crippen molar-refractivity contribution in [1.29, 1.82) is 0 Å². The molecule has 108 valence electrons. The molecule has 6 heteroatoms. The van der Waals surface area contributed by atoms with E-state index in [1.165, 1.54) is 7.11 Å². The second kappa shape index (κ2) is 6.02. The van der Waals surface area contributed by atoms with Gasteiger partial charge in [-0.1, -0.05) is 6.07 Å². The highest BCUT2D eigenvalue weighted by atomic mass is 16.5.